The van der Waals surface area contributed by atoms with Gasteiger partial charge in [-0.2, -0.15) is 0 Å². The van der Waals surface area contributed by atoms with E-state index in [2.05, 4.69) is 10.3 Å². The van der Waals surface area contributed by atoms with E-state index in [1.54, 1.807) is 6.92 Å². The van der Waals surface area contributed by atoms with E-state index >= 15 is 0 Å². The first-order valence-electron chi connectivity index (χ1n) is 8.33. The molecular formula is C20H17N3O2S. The first-order valence-corrected chi connectivity index (χ1v) is 9.14. The fraction of sp³-hybridized carbons (Fsp3) is 0.150. The molecule has 0 saturated heterocycles. The lowest BCUT2D eigenvalue weighted by atomic mass is 10.2. The molecule has 2 aromatic carbocycles. The lowest BCUT2D eigenvalue weighted by Crippen LogP contribution is -2.33. The summed E-state index contributed by atoms with van der Waals surface area (Å²) in [7, 11) is 0. The Bertz CT molecular complexity index is 1160. The third-order valence-electron chi connectivity index (χ3n) is 4.31. The first-order chi connectivity index (χ1) is 12.6. The molecule has 0 aliphatic heterocycles. The van der Waals surface area contributed by atoms with Crippen molar-refractivity contribution in [3.05, 3.63) is 76.3 Å². The van der Waals surface area contributed by atoms with E-state index in [0.29, 0.717) is 22.6 Å². The van der Waals surface area contributed by atoms with Gasteiger partial charge in [0.25, 0.3) is 5.56 Å². The van der Waals surface area contributed by atoms with E-state index in [0.717, 1.165) is 15.6 Å². The maximum atomic E-state index is 12.9. The van der Waals surface area contributed by atoms with Crippen molar-refractivity contribution < 1.29 is 4.79 Å². The van der Waals surface area contributed by atoms with Gasteiger partial charge in [0.05, 0.1) is 5.52 Å². The summed E-state index contributed by atoms with van der Waals surface area (Å²) >= 11 is 1.42. The van der Waals surface area contributed by atoms with Crippen molar-refractivity contribution in [2.24, 2.45) is 0 Å². The molecule has 1 amide bonds. The number of amides is 1. The second-order valence-electron chi connectivity index (χ2n) is 6.09. The van der Waals surface area contributed by atoms with Crippen LogP contribution in [-0.4, -0.2) is 15.5 Å². The van der Waals surface area contributed by atoms with Crippen molar-refractivity contribution in [3.8, 4) is 0 Å². The summed E-state index contributed by atoms with van der Waals surface area (Å²) in [4.78, 5) is 29.8. The Hall–Kier alpha value is -2.99. The Balaban J connectivity index is 1.63. The number of hydrogen-bond donors (Lipinski definition) is 1. The van der Waals surface area contributed by atoms with Gasteiger partial charge in [-0.3, -0.25) is 14.2 Å². The quantitative estimate of drug-likeness (QED) is 0.605. The molecule has 130 valence electrons. The zero-order chi connectivity index (χ0) is 18.1. The average molecular weight is 363 g/mol. The molecule has 0 saturated carbocycles. The van der Waals surface area contributed by atoms with E-state index in [1.807, 2.05) is 54.6 Å². The molecule has 0 atom stereocenters. The van der Waals surface area contributed by atoms with E-state index in [4.69, 9.17) is 0 Å². The highest BCUT2D eigenvalue weighted by Crippen LogP contribution is 2.30. The summed E-state index contributed by atoms with van der Waals surface area (Å²) < 4.78 is 3.06. The van der Waals surface area contributed by atoms with E-state index in [-0.39, 0.29) is 18.0 Å². The van der Waals surface area contributed by atoms with Crippen LogP contribution in [0, 0.1) is 6.92 Å². The van der Waals surface area contributed by atoms with Gasteiger partial charge in [0.15, 0.2) is 0 Å². The average Bonchev–Trinajstić information content (AvgIpc) is 3.03. The van der Waals surface area contributed by atoms with E-state index in [9.17, 15) is 9.59 Å². The van der Waals surface area contributed by atoms with Gasteiger partial charge in [-0.25, -0.2) is 4.98 Å². The van der Waals surface area contributed by atoms with Crippen LogP contribution >= 0.6 is 11.3 Å². The third-order valence-corrected chi connectivity index (χ3v) is 5.46. The Morgan fingerprint density at radius 3 is 2.65 bits per heavy atom. The highest BCUT2D eigenvalue weighted by Gasteiger charge is 2.15. The molecule has 4 rings (SSSR count). The topological polar surface area (TPSA) is 64.0 Å². The number of aromatic nitrogens is 2. The summed E-state index contributed by atoms with van der Waals surface area (Å²) in [5, 5.41) is 3.83. The van der Waals surface area contributed by atoms with Gasteiger partial charge in [0, 0.05) is 16.6 Å². The zero-order valence-electron chi connectivity index (χ0n) is 14.2. The number of carbonyl (C=O) groups excluding carboxylic acids is 1. The van der Waals surface area contributed by atoms with Crippen molar-refractivity contribution in [1.29, 1.82) is 0 Å². The van der Waals surface area contributed by atoms with Gasteiger partial charge < -0.3 is 5.32 Å². The van der Waals surface area contributed by atoms with Gasteiger partial charge in [0.2, 0.25) is 5.91 Å². The third kappa shape index (κ3) is 2.99. The summed E-state index contributed by atoms with van der Waals surface area (Å²) in [5.74, 6) is 0.335. The number of rotatable bonds is 4. The molecule has 6 heteroatoms. The predicted octanol–water partition coefficient (Wildman–Crippen LogP) is 3.24. The Morgan fingerprint density at radius 2 is 1.85 bits per heavy atom. The largest absolute Gasteiger partial charge is 0.350 e. The number of fused-ring (bicyclic) bond motifs is 3. The van der Waals surface area contributed by atoms with Gasteiger partial charge in [0.1, 0.15) is 17.1 Å². The van der Waals surface area contributed by atoms with Crippen LogP contribution in [0.15, 0.2) is 59.4 Å². The molecule has 5 nitrogen and oxygen atoms in total. The maximum absolute atomic E-state index is 12.9. The van der Waals surface area contributed by atoms with Crippen LogP contribution in [0.3, 0.4) is 0 Å². The molecule has 1 N–H and O–H groups in total. The maximum Gasteiger partial charge on any atom is 0.272 e. The molecule has 2 heterocycles. The Kier molecular flexibility index (Phi) is 4.26. The van der Waals surface area contributed by atoms with E-state index < -0.39 is 0 Å². The van der Waals surface area contributed by atoms with Crippen LogP contribution in [-0.2, 0) is 17.9 Å². The van der Waals surface area contributed by atoms with Crippen molar-refractivity contribution in [2.45, 2.75) is 20.0 Å². The van der Waals surface area contributed by atoms with Gasteiger partial charge in [-0.15, -0.1) is 11.3 Å². The summed E-state index contributed by atoms with van der Waals surface area (Å²) in [6, 6.07) is 17.5. The number of carbonyl (C=O) groups is 1. The fourth-order valence-corrected chi connectivity index (χ4v) is 4.05. The molecule has 0 aliphatic carbocycles. The summed E-state index contributed by atoms with van der Waals surface area (Å²) in [5.41, 5.74) is 1.57. The molecule has 0 radical (unpaired) electrons. The number of benzene rings is 2. The molecule has 0 fully saturated rings. The molecule has 0 aliphatic rings. The molecule has 0 unspecified atom stereocenters. The lowest BCUT2D eigenvalue weighted by molar-refractivity contribution is -0.121. The number of nitrogens with zero attached hydrogens (tertiary/aromatic N) is 2. The number of hydrogen-bond acceptors (Lipinski definition) is 4. The minimum absolute atomic E-state index is 0.0331. The molecular weight excluding hydrogens is 346 g/mol. The smallest absolute Gasteiger partial charge is 0.272 e. The van der Waals surface area contributed by atoms with Crippen molar-refractivity contribution in [1.82, 2.24) is 14.9 Å². The van der Waals surface area contributed by atoms with Gasteiger partial charge in [-0.1, -0.05) is 48.5 Å². The minimum Gasteiger partial charge on any atom is -0.350 e. The molecule has 26 heavy (non-hydrogen) atoms. The molecule has 2 aromatic heterocycles. The summed E-state index contributed by atoms with van der Waals surface area (Å²) in [6.07, 6.45) is 0. The Labute approximate surface area is 153 Å². The highest BCUT2D eigenvalue weighted by atomic mass is 32.1. The predicted molar refractivity (Wildman–Crippen MR) is 104 cm³/mol. The molecule has 0 spiro atoms. The van der Waals surface area contributed by atoms with Crippen molar-refractivity contribution in [2.75, 3.05) is 0 Å². The summed E-state index contributed by atoms with van der Waals surface area (Å²) in [6.45, 7) is 2.17. The van der Waals surface area contributed by atoms with Gasteiger partial charge in [-0.05, 0) is 18.6 Å². The van der Waals surface area contributed by atoms with Crippen LogP contribution in [0.25, 0.3) is 20.3 Å². The van der Waals surface area contributed by atoms with Crippen LogP contribution in [0.4, 0.5) is 0 Å². The van der Waals surface area contributed by atoms with Crippen molar-refractivity contribution >= 4 is 37.5 Å². The standard InChI is InChI=1S/C20H17N3O2S/c1-13-22-18-15-9-5-6-10-16(15)26-19(18)20(25)23(13)12-17(24)21-11-14-7-3-2-4-8-14/h2-10H,11-12H2,1H3,(H,21,24). The second kappa shape index (κ2) is 6.72. The fourth-order valence-electron chi connectivity index (χ4n) is 2.96. The second-order valence-corrected chi connectivity index (χ2v) is 7.14. The first kappa shape index (κ1) is 16.5. The monoisotopic (exact) mass is 363 g/mol. The van der Waals surface area contributed by atoms with E-state index in [1.165, 1.54) is 15.9 Å². The van der Waals surface area contributed by atoms with Crippen LogP contribution in [0.2, 0.25) is 0 Å². The normalized spacial score (nSPS) is 11.1. The zero-order valence-corrected chi connectivity index (χ0v) is 15.0. The van der Waals surface area contributed by atoms with Crippen LogP contribution < -0.4 is 10.9 Å². The Morgan fingerprint density at radius 1 is 1.12 bits per heavy atom. The number of aryl methyl sites for hydroxylation is 1. The SMILES string of the molecule is Cc1nc2c(sc3ccccc32)c(=O)n1CC(=O)NCc1ccccc1. The molecule has 4 aromatic rings. The number of nitrogens with one attached hydrogen (secondary N) is 1. The number of thiophene rings is 1. The highest BCUT2D eigenvalue weighted by molar-refractivity contribution is 7.25. The molecule has 0 bridgehead atoms. The van der Waals surface area contributed by atoms with Crippen LogP contribution in [0.1, 0.15) is 11.4 Å². The van der Waals surface area contributed by atoms with Crippen LogP contribution in [0.5, 0.6) is 0 Å². The van der Waals surface area contributed by atoms with Crippen molar-refractivity contribution in [3.63, 3.8) is 0 Å². The van der Waals surface area contributed by atoms with Gasteiger partial charge >= 0.3 is 0 Å². The lowest BCUT2D eigenvalue weighted by Gasteiger charge is -2.10. The minimum atomic E-state index is -0.207.